The van der Waals surface area contributed by atoms with Crippen molar-refractivity contribution in [1.82, 2.24) is 19.7 Å². The highest BCUT2D eigenvalue weighted by atomic mass is 19.4. The number of anilines is 1. The number of carbonyl (C=O) groups excluding carboxylic acids is 1. The van der Waals surface area contributed by atoms with Crippen LogP contribution in [0.4, 0.5) is 18.9 Å². The molecule has 0 aliphatic heterocycles. The van der Waals surface area contributed by atoms with E-state index in [2.05, 4.69) is 20.4 Å². The lowest BCUT2D eigenvalue weighted by molar-refractivity contribution is -0.141. The van der Waals surface area contributed by atoms with Gasteiger partial charge in [-0.3, -0.25) is 19.1 Å². The van der Waals surface area contributed by atoms with Gasteiger partial charge < -0.3 is 9.84 Å². The maximum absolute atomic E-state index is 13.5. The van der Waals surface area contributed by atoms with Crippen LogP contribution in [0, 0.1) is 0 Å². The van der Waals surface area contributed by atoms with Gasteiger partial charge in [-0.25, -0.2) is 0 Å². The quantitative estimate of drug-likeness (QED) is 0.481. The van der Waals surface area contributed by atoms with Crippen LogP contribution < -0.4 is 10.9 Å². The first-order valence-electron chi connectivity index (χ1n) is 9.93. The van der Waals surface area contributed by atoms with Crippen molar-refractivity contribution >= 4 is 22.7 Å². The molecule has 11 heteroatoms. The monoisotopic (exact) mass is 457 g/mol. The first-order chi connectivity index (χ1) is 15.7. The highest BCUT2D eigenvalue weighted by Crippen LogP contribution is 2.34. The average molecular weight is 457 g/mol. The summed E-state index contributed by atoms with van der Waals surface area (Å²) in [4.78, 5) is 33.5. The van der Waals surface area contributed by atoms with Crippen LogP contribution in [0.15, 0.2) is 58.0 Å². The van der Waals surface area contributed by atoms with Crippen LogP contribution in [0.25, 0.3) is 22.6 Å². The van der Waals surface area contributed by atoms with E-state index in [1.807, 2.05) is 30.3 Å². The van der Waals surface area contributed by atoms with Gasteiger partial charge in [0.25, 0.3) is 11.3 Å². The number of halogens is 3. The molecule has 4 rings (SSSR count). The van der Waals surface area contributed by atoms with Crippen molar-refractivity contribution in [3.8, 4) is 11.5 Å². The molecule has 0 spiro atoms. The third kappa shape index (κ3) is 4.34. The van der Waals surface area contributed by atoms with E-state index in [1.165, 1.54) is 13.1 Å². The van der Waals surface area contributed by atoms with Crippen molar-refractivity contribution in [2.45, 2.75) is 32.5 Å². The number of benzene rings is 1. The smallest absolute Gasteiger partial charge is 0.335 e. The molecule has 1 atom stereocenters. The Hall–Kier alpha value is -4.02. The summed E-state index contributed by atoms with van der Waals surface area (Å²) >= 11 is 0. The Morgan fingerprint density at radius 3 is 2.58 bits per heavy atom. The van der Waals surface area contributed by atoms with Gasteiger partial charge in [-0.2, -0.15) is 18.2 Å². The summed E-state index contributed by atoms with van der Waals surface area (Å²) in [6.45, 7) is 2.98. The number of nitrogens with zero attached hydrogens (tertiary/aromatic N) is 4. The van der Waals surface area contributed by atoms with Gasteiger partial charge in [-0.05, 0) is 31.0 Å². The number of hydrogen-bond donors (Lipinski definition) is 1. The van der Waals surface area contributed by atoms with E-state index >= 15 is 0 Å². The number of alkyl halides is 3. The summed E-state index contributed by atoms with van der Waals surface area (Å²) in [6, 6.07) is 11.7. The topological polar surface area (TPSA) is 103 Å². The predicted molar refractivity (Wildman–Crippen MR) is 113 cm³/mol. The fraction of sp³-hybridized carbons (Fsp3) is 0.227. The second kappa shape index (κ2) is 8.49. The number of rotatable bonds is 5. The molecule has 0 aliphatic rings. The minimum atomic E-state index is -4.90. The average Bonchev–Trinajstić information content (AvgIpc) is 3.19. The molecule has 0 radical (unpaired) electrons. The Labute approximate surface area is 185 Å². The summed E-state index contributed by atoms with van der Waals surface area (Å²) < 4.78 is 46.4. The number of amides is 1. The van der Waals surface area contributed by atoms with E-state index in [1.54, 1.807) is 19.1 Å². The van der Waals surface area contributed by atoms with Crippen LogP contribution in [0.1, 0.15) is 31.1 Å². The molecule has 0 saturated heterocycles. The number of pyridine rings is 1. The van der Waals surface area contributed by atoms with Gasteiger partial charge in [-0.1, -0.05) is 35.5 Å². The molecule has 1 N–H and O–H groups in total. The summed E-state index contributed by atoms with van der Waals surface area (Å²) in [5, 5.41) is 4.89. The standard InChI is InChI=1S/C22H18F3N5O3/c1-12(11-14-7-4-3-5-8-14)30-19(17-15(27-13(2)31)9-6-10-26-17)28-20-16(21(30)32)18(29-33-20)22(23,24)25/h3-10,12H,11H2,1-2H3,(H,27,31)/t12-/m1/s1. The van der Waals surface area contributed by atoms with Crippen molar-refractivity contribution in [3.63, 3.8) is 0 Å². The third-order valence-corrected chi connectivity index (χ3v) is 4.96. The van der Waals surface area contributed by atoms with Crippen molar-refractivity contribution < 1.29 is 22.5 Å². The number of carbonyl (C=O) groups is 1. The Kier molecular flexibility index (Phi) is 5.71. The van der Waals surface area contributed by atoms with Crippen molar-refractivity contribution in [2.24, 2.45) is 0 Å². The summed E-state index contributed by atoms with van der Waals surface area (Å²) in [6.07, 6.45) is -3.15. The molecular weight excluding hydrogens is 439 g/mol. The molecule has 3 heterocycles. The normalized spacial score (nSPS) is 12.6. The first-order valence-corrected chi connectivity index (χ1v) is 9.93. The highest BCUT2D eigenvalue weighted by molar-refractivity contribution is 5.92. The minimum Gasteiger partial charge on any atom is -0.335 e. The molecule has 33 heavy (non-hydrogen) atoms. The maximum atomic E-state index is 13.5. The second-order valence-corrected chi connectivity index (χ2v) is 7.44. The molecule has 0 saturated carbocycles. The number of aromatic nitrogens is 4. The number of hydrogen-bond acceptors (Lipinski definition) is 6. The van der Waals surface area contributed by atoms with Crippen molar-refractivity contribution in [3.05, 3.63) is 70.3 Å². The fourth-order valence-corrected chi connectivity index (χ4v) is 3.61. The Balaban J connectivity index is 1.99. The predicted octanol–water partition coefficient (Wildman–Crippen LogP) is 4.23. The van der Waals surface area contributed by atoms with Crippen LogP contribution in [0.3, 0.4) is 0 Å². The Morgan fingerprint density at radius 2 is 1.91 bits per heavy atom. The molecule has 3 aromatic heterocycles. The van der Waals surface area contributed by atoms with E-state index < -0.39 is 40.5 Å². The van der Waals surface area contributed by atoms with Gasteiger partial charge in [-0.15, -0.1) is 0 Å². The van der Waals surface area contributed by atoms with Crippen LogP contribution in [-0.4, -0.2) is 25.6 Å². The summed E-state index contributed by atoms with van der Waals surface area (Å²) in [5.74, 6) is -0.444. The SMILES string of the molecule is CC(=O)Nc1cccnc1-c1nc2onc(C(F)(F)F)c2c(=O)n1[C@H](C)Cc1ccccc1. The van der Waals surface area contributed by atoms with Gasteiger partial charge in [0.15, 0.2) is 5.82 Å². The van der Waals surface area contributed by atoms with Gasteiger partial charge in [0.2, 0.25) is 11.6 Å². The van der Waals surface area contributed by atoms with E-state index in [0.29, 0.717) is 6.42 Å². The lowest BCUT2D eigenvalue weighted by Crippen LogP contribution is -2.29. The second-order valence-electron chi connectivity index (χ2n) is 7.44. The van der Waals surface area contributed by atoms with Gasteiger partial charge in [0, 0.05) is 19.2 Å². The van der Waals surface area contributed by atoms with Gasteiger partial charge >= 0.3 is 6.18 Å². The maximum Gasteiger partial charge on any atom is 0.437 e. The molecule has 1 amide bonds. The number of fused-ring (bicyclic) bond motifs is 1. The largest absolute Gasteiger partial charge is 0.437 e. The summed E-state index contributed by atoms with van der Waals surface area (Å²) in [7, 11) is 0. The van der Waals surface area contributed by atoms with Gasteiger partial charge in [0.05, 0.1) is 5.69 Å². The van der Waals surface area contributed by atoms with E-state index in [9.17, 15) is 22.8 Å². The molecule has 0 bridgehead atoms. The molecular formula is C22H18F3N5O3. The Bertz CT molecular complexity index is 1380. The van der Waals surface area contributed by atoms with Crippen LogP contribution in [-0.2, 0) is 17.4 Å². The van der Waals surface area contributed by atoms with E-state index in [4.69, 9.17) is 4.52 Å². The molecule has 170 valence electrons. The lowest BCUT2D eigenvalue weighted by atomic mass is 10.1. The molecule has 0 aliphatic carbocycles. The Morgan fingerprint density at radius 1 is 1.18 bits per heavy atom. The lowest BCUT2D eigenvalue weighted by Gasteiger charge is -2.20. The molecule has 1 aromatic carbocycles. The molecule has 4 aromatic rings. The zero-order valence-corrected chi connectivity index (χ0v) is 17.6. The zero-order chi connectivity index (χ0) is 23.8. The minimum absolute atomic E-state index is 0.0508. The molecule has 0 fully saturated rings. The fourth-order valence-electron chi connectivity index (χ4n) is 3.61. The number of nitrogens with one attached hydrogen (secondary N) is 1. The summed E-state index contributed by atoms with van der Waals surface area (Å²) in [5.41, 5.74) is -1.75. The van der Waals surface area contributed by atoms with Crippen molar-refractivity contribution in [2.75, 3.05) is 5.32 Å². The highest BCUT2D eigenvalue weighted by Gasteiger charge is 2.40. The first kappa shape index (κ1) is 22.2. The van der Waals surface area contributed by atoms with Gasteiger partial charge in [0.1, 0.15) is 11.1 Å². The van der Waals surface area contributed by atoms with E-state index in [-0.39, 0.29) is 17.2 Å². The van der Waals surface area contributed by atoms with Crippen LogP contribution in [0.5, 0.6) is 0 Å². The molecule has 0 unspecified atom stereocenters. The van der Waals surface area contributed by atoms with Crippen LogP contribution >= 0.6 is 0 Å². The van der Waals surface area contributed by atoms with Crippen LogP contribution in [0.2, 0.25) is 0 Å². The third-order valence-electron chi connectivity index (χ3n) is 4.96. The van der Waals surface area contributed by atoms with E-state index in [0.717, 1.165) is 10.1 Å². The zero-order valence-electron chi connectivity index (χ0n) is 17.6. The molecule has 8 nitrogen and oxygen atoms in total. The van der Waals surface area contributed by atoms with Crippen molar-refractivity contribution in [1.29, 1.82) is 0 Å².